The molecule has 5 N–H and O–H groups in total. The van der Waals surface area contributed by atoms with Crippen LogP contribution in [0.25, 0.3) is 0 Å². The van der Waals surface area contributed by atoms with Crippen LogP contribution < -0.4 is 15.6 Å². The van der Waals surface area contributed by atoms with Crippen LogP contribution in [0.1, 0.15) is 32.1 Å². The van der Waals surface area contributed by atoms with E-state index in [1.807, 2.05) is 0 Å². The van der Waals surface area contributed by atoms with Crippen molar-refractivity contribution in [2.75, 3.05) is 13.1 Å². The normalized spacial score (nSPS) is 22.1. The Morgan fingerprint density at radius 2 is 1.79 bits per heavy atom. The molecular weight excluding hydrogens is 202 g/mol. The highest BCUT2D eigenvalue weighted by molar-refractivity contribution is 7.87. The number of hydrogen-bond acceptors (Lipinski definition) is 3. The Morgan fingerprint density at radius 3 is 2.21 bits per heavy atom. The zero-order valence-corrected chi connectivity index (χ0v) is 9.15. The van der Waals surface area contributed by atoms with Gasteiger partial charge in [-0.25, -0.2) is 9.86 Å². The second kappa shape index (κ2) is 4.57. The number of rotatable bonds is 4. The van der Waals surface area contributed by atoms with Crippen molar-refractivity contribution in [3.8, 4) is 0 Å². The van der Waals surface area contributed by atoms with Gasteiger partial charge in [0.15, 0.2) is 0 Å². The highest BCUT2D eigenvalue weighted by atomic mass is 32.2. The highest BCUT2D eigenvalue weighted by Crippen LogP contribution is 2.34. The number of nitrogens with one attached hydrogen (secondary N) is 1. The van der Waals surface area contributed by atoms with Gasteiger partial charge >= 0.3 is 0 Å². The highest BCUT2D eigenvalue weighted by Gasteiger charge is 2.31. The van der Waals surface area contributed by atoms with Gasteiger partial charge < -0.3 is 5.73 Å². The van der Waals surface area contributed by atoms with Crippen molar-refractivity contribution < 1.29 is 8.42 Å². The third-order valence-electron chi connectivity index (χ3n) is 3.00. The Labute approximate surface area is 85.4 Å². The van der Waals surface area contributed by atoms with Crippen LogP contribution in [0.3, 0.4) is 0 Å². The molecule has 1 aliphatic carbocycles. The van der Waals surface area contributed by atoms with Gasteiger partial charge in [0.1, 0.15) is 0 Å². The molecule has 6 heteroatoms. The average molecular weight is 221 g/mol. The van der Waals surface area contributed by atoms with Gasteiger partial charge in [-0.15, -0.1) is 0 Å². The van der Waals surface area contributed by atoms with Crippen LogP contribution in [0.2, 0.25) is 0 Å². The summed E-state index contributed by atoms with van der Waals surface area (Å²) in [6.07, 6.45) is 5.46. The predicted molar refractivity (Wildman–Crippen MR) is 55.7 cm³/mol. The fraction of sp³-hybridized carbons (Fsp3) is 1.00. The SMILES string of the molecule is NCC1(CNS(N)(=O)=O)CCCCC1. The molecule has 0 unspecified atom stereocenters. The maximum absolute atomic E-state index is 10.8. The first-order valence-electron chi connectivity index (χ1n) is 4.95. The minimum atomic E-state index is -3.58. The van der Waals surface area contributed by atoms with Crippen molar-refractivity contribution in [1.29, 1.82) is 0 Å². The van der Waals surface area contributed by atoms with Crippen LogP contribution in [-0.2, 0) is 10.2 Å². The molecule has 1 fully saturated rings. The molecule has 0 radical (unpaired) electrons. The smallest absolute Gasteiger partial charge is 0.274 e. The van der Waals surface area contributed by atoms with Crippen LogP contribution >= 0.6 is 0 Å². The molecule has 0 heterocycles. The summed E-state index contributed by atoms with van der Waals surface area (Å²) in [5, 5.41) is 4.89. The maximum atomic E-state index is 10.8. The van der Waals surface area contributed by atoms with E-state index in [4.69, 9.17) is 10.9 Å². The first kappa shape index (κ1) is 11.9. The molecule has 0 aromatic carbocycles. The average Bonchev–Trinajstić information content (AvgIpc) is 2.15. The van der Waals surface area contributed by atoms with Crippen molar-refractivity contribution in [2.24, 2.45) is 16.3 Å². The molecule has 0 bridgehead atoms. The van der Waals surface area contributed by atoms with E-state index < -0.39 is 10.2 Å². The van der Waals surface area contributed by atoms with Gasteiger partial charge in [0.25, 0.3) is 10.2 Å². The summed E-state index contributed by atoms with van der Waals surface area (Å²) < 4.78 is 23.9. The van der Waals surface area contributed by atoms with Crippen molar-refractivity contribution in [1.82, 2.24) is 4.72 Å². The van der Waals surface area contributed by atoms with Crippen LogP contribution in [0.5, 0.6) is 0 Å². The fourth-order valence-electron chi connectivity index (χ4n) is 2.01. The second-order valence-corrected chi connectivity index (χ2v) is 5.51. The van der Waals surface area contributed by atoms with Crippen molar-refractivity contribution in [2.45, 2.75) is 32.1 Å². The van der Waals surface area contributed by atoms with E-state index >= 15 is 0 Å². The lowest BCUT2D eigenvalue weighted by molar-refractivity contribution is 0.202. The molecule has 0 spiro atoms. The lowest BCUT2D eigenvalue weighted by atomic mass is 9.74. The number of nitrogens with two attached hydrogens (primary N) is 2. The Balaban J connectivity index is 2.52. The standard InChI is InChI=1S/C8H19N3O2S/c9-6-8(4-2-1-3-5-8)7-11-14(10,12)13/h11H,1-7,9H2,(H2,10,12,13). The van der Waals surface area contributed by atoms with Crippen molar-refractivity contribution in [3.63, 3.8) is 0 Å². The molecule has 1 saturated carbocycles. The van der Waals surface area contributed by atoms with E-state index in [1.165, 1.54) is 6.42 Å². The molecule has 0 aromatic heterocycles. The van der Waals surface area contributed by atoms with E-state index in [-0.39, 0.29) is 5.41 Å². The van der Waals surface area contributed by atoms with Gasteiger partial charge in [-0.05, 0) is 24.8 Å². The van der Waals surface area contributed by atoms with E-state index in [9.17, 15) is 8.42 Å². The van der Waals surface area contributed by atoms with Gasteiger partial charge in [0, 0.05) is 6.54 Å². The summed E-state index contributed by atoms with van der Waals surface area (Å²) >= 11 is 0. The summed E-state index contributed by atoms with van der Waals surface area (Å²) in [7, 11) is -3.58. The Morgan fingerprint density at radius 1 is 1.21 bits per heavy atom. The summed E-state index contributed by atoms with van der Waals surface area (Å²) in [6, 6.07) is 0. The molecule has 1 rings (SSSR count). The monoisotopic (exact) mass is 221 g/mol. The third kappa shape index (κ3) is 3.53. The minimum absolute atomic E-state index is 0.0648. The molecule has 0 aromatic rings. The molecule has 5 nitrogen and oxygen atoms in total. The van der Waals surface area contributed by atoms with Gasteiger partial charge in [-0.3, -0.25) is 0 Å². The second-order valence-electron chi connectivity index (χ2n) is 4.13. The summed E-state index contributed by atoms with van der Waals surface area (Å²) in [4.78, 5) is 0. The lowest BCUT2D eigenvalue weighted by Crippen LogP contribution is -2.45. The molecule has 14 heavy (non-hydrogen) atoms. The van der Waals surface area contributed by atoms with E-state index in [1.54, 1.807) is 0 Å². The third-order valence-corrected chi connectivity index (χ3v) is 3.54. The van der Waals surface area contributed by atoms with Crippen LogP contribution in [-0.4, -0.2) is 21.5 Å². The number of hydrogen-bond donors (Lipinski definition) is 3. The minimum Gasteiger partial charge on any atom is -0.330 e. The molecular formula is C8H19N3O2S. The predicted octanol–water partition coefficient (Wildman–Crippen LogP) is -0.311. The van der Waals surface area contributed by atoms with Gasteiger partial charge in [0.05, 0.1) is 0 Å². The zero-order valence-electron chi connectivity index (χ0n) is 8.33. The van der Waals surface area contributed by atoms with Gasteiger partial charge in [0.2, 0.25) is 0 Å². The summed E-state index contributed by atoms with van der Waals surface area (Å²) in [5.74, 6) is 0. The van der Waals surface area contributed by atoms with Crippen molar-refractivity contribution in [3.05, 3.63) is 0 Å². The zero-order chi connectivity index (χ0) is 10.7. The summed E-state index contributed by atoms with van der Waals surface area (Å²) in [6.45, 7) is 0.901. The Bertz CT molecular complexity index is 270. The van der Waals surface area contributed by atoms with E-state index in [0.717, 1.165) is 25.7 Å². The Hall–Kier alpha value is -0.170. The van der Waals surface area contributed by atoms with Crippen LogP contribution in [0.15, 0.2) is 0 Å². The van der Waals surface area contributed by atoms with Gasteiger partial charge in [-0.2, -0.15) is 8.42 Å². The molecule has 84 valence electrons. The summed E-state index contributed by atoms with van der Waals surface area (Å²) in [5.41, 5.74) is 5.63. The topological polar surface area (TPSA) is 98.2 Å². The molecule has 0 saturated heterocycles. The van der Waals surface area contributed by atoms with Gasteiger partial charge in [-0.1, -0.05) is 19.3 Å². The fourth-order valence-corrected chi connectivity index (χ4v) is 2.52. The van der Waals surface area contributed by atoms with Crippen molar-refractivity contribution >= 4 is 10.2 Å². The van der Waals surface area contributed by atoms with E-state index in [0.29, 0.717) is 13.1 Å². The van der Waals surface area contributed by atoms with E-state index in [2.05, 4.69) is 4.72 Å². The molecule has 0 amide bonds. The maximum Gasteiger partial charge on any atom is 0.274 e. The first-order valence-corrected chi connectivity index (χ1v) is 6.50. The molecule has 0 aliphatic heterocycles. The molecule has 1 aliphatic rings. The largest absolute Gasteiger partial charge is 0.330 e. The molecule has 0 atom stereocenters. The lowest BCUT2D eigenvalue weighted by Gasteiger charge is -2.35. The first-order chi connectivity index (χ1) is 6.47. The Kier molecular flexibility index (Phi) is 3.88. The quantitative estimate of drug-likeness (QED) is 0.607. The van der Waals surface area contributed by atoms with Crippen LogP contribution in [0.4, 0.5) is 0 Å². The van der Waals surface area contributed by atoms with Crippen LogP contribution in [0, 0.1) is 5.41 Å².